The minimum absolute atomic E-state index is 0.223. The number of hydrogen-bond donors (Lipinski definition) is 0. The predicted molar refractivity (Wildman–Crippen MR) is 136 cm³/mol. The van der Waals surface area contributed by atoms with Gasteiger partial charge in [0.05, 0.1) is 0 Å². The third-order valence-corrected chi connectivity index (χ3v) is 6.75. The summed E-state index contributed by atoms with van der Waals surface area (Å²) in [5.41, 5.74) is 7.03. The molecule has 0 bridgehead atoms. The van der Waals surface area contributed by atoms with Gasteiger partial charge in [-0.05, 0) is 110 Å². The zero-order valence-corrected chi connectivity index (χ0v) is 19.8. The molecule has 0 saturated heterocycles. The van der Waals surface area contributed by atoms with Gasteiger partial charge in [0.15, 0.2) is 0 Å². The van der Waals surface area contributed by atoms with Crippen molar-refractivity contribution in [3.63, 3.8) is 0 Å². The fourth-order valence-corrected chi connectivity index (χ4v) is 4.44. The molecular weight excluding hydrogens is 403 g/mol. The second-order valence-electron chi connectivity index (χ2n) is 9.51. The zero-order chi connectivity index (χ0) is 23.2. The summed E-state index contributed by atoms with van der Waals surface area (Å²) >= 11 is 0. The Labute approximate surface area is 198 Å². The summed E-state index contributed by atoms with van der Waals surface area (Å²) < 4.78 is 13.7. The molecule has 1 heteroatoms. The first-order chi connectivity index (χ1) is 16.0. The normalized spacial score (nSPS) is 17.5. The average Bonchev–Trinajstić information content (AvgIpc) is 2.82. The van der Waals surface area contributed by atoms with Crippen LogP contribution in [-0.4, -0.2) is 0 Å². The minimum Gasteiger partial charge on any atom is -0.207 e. The molecule has 3 aromatic carbocycles. The first kappa shape index (κ1) is 22.9. The van der Waals surface area contributed by atoms with Crippen LogP contribution in [0.4, 0.5) is 4.39 Å². The van der Waals surface area contributed by atoms with E-state index in [-0.39, 0.29) is 5.82 Å². The van der Waals surface area contributed by atoms with Crippen molar-refractivity contribution in [3.8, 4) is 23.7 Å². The molecule has 0 heterocycles. The third kappa shape index (κ3) is 6.37. The lowest BCUT2D eigenvalue weighted by Gasteiger charge is -2.26. The molecule has 4 rings (SSSR count). The summed E-state index contributed by atoms with van der Waals surface area (Å²) in [6, 6.07) is 19.6. The monoisotopic (exact) mass is 434 g/mol. The van der Waals surface area contributed by atoms with Gasteiger partial charge in [-0.15, -0.1) is 0 Å². The fourth-order valence-electron chi connectivity index (χ4n) is 4.44. The second kappa shape index (κ2) is 10.6. The molecule has 33 heavy (non-hydrogen) atoms. The van der Waals surface area contributed by atoms with E-state index >= 15 is 0 Å². The van der Waals surface area contributed by atoms with E-state index in [4.69, 9.17) is 0 Å². The van der Waals surface area contributed by atoms with Crippen molar-refractivity contribution in [1.82, 2.24) is 0 Å². The molecule has 1 fully saturated rings. The highest BCUT2D eigenvalue weighted by molar-refractivity contribution is 5.49. The first-order valence-electron chi connectivity index (χ1n) is 12.0. The highest BCUT2D eigenvalue weighted by Gasteiger charge is 2.18. The van der Waals surface area contributed by atoms with Gasteiger partial charge in [0.1, 0.15) is 5.82 Å². The number of hydrogen-bond acceptors (Lipinski definition) is 0. The molecule has 1 saturated carbocycles. The van der Waals surface area contributed by atoms with E-state index in [2.05, 4.69) is 55.7 Å². The van der Waals surface area contributed by atoms with E-state index in [1.807, 2.05) is 30.3 Å². The maximum Gasteiger partial charge on any atom is 0.127 e. The minimum atomic E-state index is -0.223. The molecule has 1 aliphatic carbocycles. The predicted octanol–water partition coefficient (Wildman–Crippen LogP) is 7.61. The van der Waals surface area contributed by atoms with Crippen LogP contribution in [0.1, 0.15) is 71.6 Å². The Balaban J connectivity index is 1.39. The van der Waals surface area contributed by atoms with Crippen molar-refractivity contribution in [2.24, 2.45) is 11.8 Å². The molecule has 0 amide bonds. The lowest BCUT2D eigenvalue weighted by molar-refractivity contribution is 0.288. The van der Waals surface area contributed by atoms with E-state index < -0.39 is 0 Å². The van der Waals surface area contributed by atoms with Gasteiger partial charge in [0.25, 0.3) is 0 Å². The van der Waals surface area contributed by atoms with Gasteiger partial charge in [-0.25, -0.2) is 4.39 Å². The molecule has 1 aliphatic rings. The van der Waals surface area contributed by atoms with Gasteiger partial charge < -0.3 is 0 Å². The number of benzene rings is 3. The highest BCUT2D eigenvalue weighted by Crippen LogP contribution is 2.31. The standard InChI is InChI=1S/C32H31F/c1-23-4-7-29(8-5-23)21-31-19-18-28(20-25(31)3)16-14-26-10-12-27(13-11-26)15-17-30-9-6-24(2)32(33)22-30/h6,9-13,18-20,22-23,29H,4-5,7-8,21H2,1-3H3. The van der Waals surface area contributed by atoms with Crippen molar-refractivity contribution in [3.05, 3.63) is 105 Å². The Kier molecular flexibility index (Phi) is 7.32. The summed E-state index contributed by atoms with van der Waals surface area (Å²) in [6.07, 6.45) is 6.68. The van der Waals surface area contributed by atoms with Crippen LogP contribution < -0.4 is 0 Å². The Morgan fingerprint density at radius 2 is 1.18 bits per heavy atom. The molecule has 0 nitrogen and oxygen atoms in total. The molecule has 166 valence electrons. The van der Waals surface area contributed by atoms with Gasteiger partial charge in [-0.2, -0.15) is 0 Å². The van der Waals surface area contributed by atoms with E-state index in [9.17, 15) is 4.39 Å². The number of rotatable bonds is 2. The van der Waals surface area contributed by atoms with Gasteiger partial charge in [-0.3, -0.25) is 0 Å². The topological polar surface area (TPSA) is 0 Å². The quantitative estimate of drug-likeness (QED) is 0.364. The van der Waals surface area contributed by atoms with Crippen molar-refractivity contribution in [1.29, 1.82) is 0 Å². The molecule has 0 unspecified atom stereocenters. The Hall–Kier alpha value is -3.29. The van der Waals surface area contributed by atoms with E-state index in [0.717, 1.165) is 28.5 Å². The lowest BCUT2D eigenvalue weighted by Crippen LogP contribution is -2.14. The Bertz CT molecular complexity index is 1230. The second-order valence-corrected chi connectivity index (χ2v) is 9.51. The summed E-state index contributed by atoms with van der Waals surface area (Å²) in [5.74, 6) is 14.2. The van der Waals surface area contributed by atoms with Crippen LogP contribution >= 0.6 is 0 Å². The van der Waals surface area contributed by atoms with Crippen LogP contribution in [0.2, 0.25) is 0 Å². The van der Waals surface area contributed by atoms with Crippen LogP contribution in [0.15, 0.2) is 60.7 Å². The van der Waals surface area contributed by atoms with Crippen LogP contribution in [0, 0.1) is 55.2 Å². The molecule has 0 spiro atoms. The molecular formula is C32H31F. The Morgan fingerprint density at radius 3 is 1.76 bits per heavy atom. The van der Waals surface area contributed by atoms with Gasteiger partial charge in [0.2, 0.25) is 0 Å². The van der Waals surface area contributed by atoms with Crippen LogP contribution in [0.3, 0.4) is 0 Å². The summed E-state index contributed by atoms with van der Waals surface area (Å²) in [7, 11) is 0. The fraction of sp³-hybridized carbons (Fsp3) is 0.312. The van der Waals surface area contributed by atoms with Gasteiger partial charge in [-0.1, -0.05) is 55.6 Å². The lowest BCUT2D eigenvalue weighted by atomic mass is 9.79. The summed E-state index contributed by atoms with van der Waals surface area (Å²) in [6.45, 7) is 6.34. The Morgan fingerprint density at radius 1 is 0.667 bits per heavy atom. The van der Waals surface area contributed by atoms with Crippen LogP contribution in [0.5, 0.6) is 0 Å². The SMILES string of the molecule is Cc1ccc(C#Cc2ccc(C#Cc3ccc(CC4CCC(C)CC4)c(C)c3)cc2)cc1F. The van der Waals surface area contributed by atoms with E-state index in [1.165, 1.54) is 49.3 Å². The maximum atomic E-state index is 13.7. The van der Waals surface area contributed by atoms with Crippen LogP contribution in [-0.2, 0) is 6.42 Å². The van der Waals surface area contributed by atoms with Crippen molar-refractivity contribution < 1.29 is 4.39 Å². The number of halogens is 1. The van der Waals surface area contributed by atoms with Crippen molar-refractivity contribution in [2.45, 2.75) is 52.9 Å². The largest absolute Gasteiger partial charge is 0.207 e. The van der Waals surface area contributed by atoms with E-state index in [1.54, 1.807) is 13.0 Å². The van der Waals surface area contributed by atoms with Crippen molar-refractivity contribution >= 4 is 0 Å². The molecule has 3 aromatic rings. The molecule has 0 N–H and O–H groups in total. The highest BCUT2D eigenvalue weighted by atomic mass is 19.1. The summed E-state index contributed by atoms with van der Waals surface area (Å²) in [5, 5.41) is 0. The first-order valence-corrected chi connectivity index (χ1v) is 12.0. The molecule has 0 aliphatic heterocycles. The number of aryl methyl sites for hydroxylation is 2. The maximum absolute atomic E-state index is 13.7. The average molecular weight is 435 g/mol. The third-order valence-electron chi connectivity index (χ3n) is 6.75. The van der Waals surface area contributed by atoms with Crippen LogP contribution in [0.25, 0.3) is 0 Å². The molecule has 0 aromatic heterocycles. The zero-order valence-electron chi connectivity index (χ0n) is 19.8. The van der Waals surface area contributed by atoms with Crippen molar-refractivity contribution in [2.75, 3.05) is 0 Å². The summed E-state index contributed by atoms with van der Waals surface area (Å²) in [4.78, 5) is 0. The molecule has 0 radical (unpaired) electrons. The smallest absolute Gasteiger partial charge is 0.127 e. The van der Waals surface area contributed by atoms with Gasteiger partial charge >= 0.3 is 0 Å². The van der Waals surface area contributed by atoms with E-state index in [0.29, 0.717) is 11.1 Å². The van der Waals surface area contributed by atoms with Gasteiger partial charge in [0, 0.05) is 22.3 Å². The molecule has 0 atom stereocenters.